The Kier molecular flexibility index (Phi) is 4.51. The maximum atomic E-state index is 11.4. The summed E-state index contributed by atoms with van der Waals surface area (Å²) in [6.07, 6.45) is 6.74. The Labute approximate surface area is 78.5 Å². The van der Waals surface area contributed by atoms with Crippen LogP contribution in [0.25, 0.3) is 0 Å². The standard InChI is InChI=1S/C9H17NOS/c1-12-7-6-10-9(11)8-4-2-3-5-8/h8H,2-7H2,1H3,(H,10,11). The molecule has 0 atom stereocenters. The van der Waals surface area contributed by atoms with E-state index in [1.807, 2.05) is 0 Å². The van der Waals surface area contributed by atoms with E-state index in [2.05, 4.69) is 11.6 Å². The average molecular weight is 187 g/mol. The summed E-state index contributed by atoms with van der Waals surface area (Å²) in [6.45, 7) is 0.830. The summed E-state index contributed by atoms with van der Waals surface area (Å²) in [5, 5.41) is 2.97. The molecule has 70 valence electrons. The van der Waals surface area contributed by atoms with Gasteiger partial charge in [-0.3, -0.25) is 4.79 Å². The van der Waals surface area contributed by atoms with Crippen LogP contribution in [0, 0.1) is 5.92 Å². The van der Waals surface area contributed by atoms with Crippen LogP contribution in [0.2, 0.25) is 0 Å². The average Bonchev–Trinajstić information content (AvgIpc) is 2.56. The molecule has 1 aliphatic rings. The first-order valence-corrected chi connectivity index (χ1v) is 6.00. The molecule has 1 amide bonds. The van der Waals surface area contributed by atoms with E-state index in [-0.39, 0.29) is 5.91 Å². The molecule has 1 N–H and O–H groups in total. The Morgan fingerprint density at radius 2 is 2.17 bits per heavy atom. The van der Waals surface area contributed by atoms with E-state index in [4.69, 9.17) is 0 Å². The lowest BCUT2D eigenvalue weighted by Gasteiger charge is -2.08. The topological polar surface area (TPSA) is 29.1 Å². The van der Waals surface area contributed by atoms with Gasteiger partial charge in [0.1, 0.15) is 0 Å². The number of hydrogen-bond donors (Lipinski definition) is 1. The Bertz CT molecular complexity index is 143. The number of thioether (sulfide) groups is 1. The van der Waals surface area contributed by atoms with Gasteiger partial charge in [0.15, 0.2) is 0 Å². The second-order valence-electron chi connectivity index (χ2n) is 3.27. The molecule has 0 radical (unpaired) electrons. The normalized spacial score (nSPS) is 18.1. The van der Waals surface area contributed by atoms with E-state index in [9.17, 15) is 4.79 Å². The third-order valence-corrected chi connectivity index (χ3v) is 2.94. The number of carbonyl (C=O) groups is 1. The quantitative estimate of drug-likeness (QED) is 0.678. The van der Waals surface area contributed by atoms with E-state index < -0.39 is 0 Å². The summed E-state index contributed by atoms with van der Waals surface area (Å²) < 4.78 is 0. The van der Waals surface area contributed by atoms with Gasteiger partial charge in [-0.05, 0) is 19.1 Å². The smallest absolute Gasteiger partial charge is 0.223 e. The van der Waals surface area contributed by atoms with Crippen LogP contribution in [0.1, 0.15) is 25.7 Å². The number of hydrogen-bond acceptors (Lipinski definition) is 2. The zero-order valence-electron chi connectivity index (χ0n) is 7.64. The van der Waals surface area contributed by atoms with Crippen molar-refractivity contribution in [2.24, 2.45) is 5.92 Å². The lowest BCUT2D eigenvalue weighted by atomic mass is 10.1. The summed E-state index contributed by atoms with van der Waals surface area (Å²) in [4.78, 5) is 11.4. The van der Waals surface area contributed by atoms with Crippen LogP contribution in [-0.2, 0) is 4.79 Å². The largest absolute Gasteiger partial charge is 0.355 e. The van der Waals surface area contributed by atoms with Gasteiger partial charge in [-0.25, -0.2) is 0 Å². The van der Waals surface area contributed by atoms with Crippen molar-refractivity contribution in [2.75, 3.05) is 18.6 Å². The molecular weight excluding hydrogens is 170 g/mol. The molecule has 0 unspecified atom stereocenters. The summed E-state index contributed by atoms with van der Waals surface area (Å²) in [5.74, 6) is 1.63. The molecular formula is C9H17NOS. The molecule has 0 bridgehead atoms. The Hall–Kier alpha value is -0.180. The third-order valence-electron chi connectivity index (χ3n) is 2.33. The fourth-order valence-electron chi connectivity index (χ4n) is 1.61. The molecule has 0 saturated heterocycles. The van der Waals surface area contributed by atoms with E-state index in [0.717, 1.165) is 25.1 Å². The van der Waals surface area contributed by atoms with Crippen LogP contribution < -0.4 is 5.32 Å². The van der Waals surface area contributed by atoms with Gasteiger partial charge < -0.3 is 5.32 Å². The van der Waals surface area contributed by atoms with Crippen LogP contribution in [0.15, 0.2) is 0 Å². The number of nitrogens with one attached hydrogen (secondary N) is 1. The molecule has 0 aromatic carbocycles. The zero-order chi connectivity index (χ0) is 8.81. The fourth-order valence-corrected chi connectivity index (χ4v) is 1.91. The minimum Gasteiger partial charge on any atom is -0.355 e. The Morgan fingerprint density at radius 3 is 2.75 bits per heavy atom. The fraction of sp³-hybridized carbons (Fsp3) is 0.889. The highest BCUT2D eigenvalue weighted by Crippen LogP contribution is 2.24. The Morgan fingerprint density at radius 1 is 1.50 bits per heavy atom. The lowest BCUT2D eigenvalue weighted by Crippen LogP contribution is -2.30. The summed E-state index contributed by atoms with van der Waals surface area (Å²) in [5.41, 5.74) is 0. The molecule has 3 heteroatoms. The first-order chi connectivity index (χ1) is 5.84. The van der Waals surface area contributed by atoms with Gasteiger partial charge in [-0.1, -0.05) is 12.8 Å². The molecule has 1 fully saturated rings. The van der Waals surface area contributed by atoms with E-state index in [1.165, 1.54) is 12.8 Å². The van der Waals surface area contributed by atoms with Crippen LogP contribution in [0.5, 0.6) is 0 Å². The molecule has 12 heavy (non-hydrogen) atoms. The first-order valence-electron chi connectivity index (χ1n) is 4.61. The van der Waals surface area contributed by atoms with Gasteiger partial charge in [-0.15, -0.1) is 0 Å². The van der Waals surface area contributed by atoms with Crippen molar-refractivity contribution in [3.05, 3.63) is 0 Å². The minimum atomic E-state index is 0.279. The number of carbonyl (C=O) groups excluding carboxylic acids is 1. The van der Waals surface area contributed by atoms with E-state index >= 15 is 0 Å². The predicted octanol–water partition coefficient (Wildman–Crippen LogP) is 1.66. The third kappa shape index (κ3) is 3.05. The van der Waals surface area contributed by atoms with Crippen molar-refractivity contribution in [3.63, 3.8) is 0 Å². The van der Waals surface area contributed by atoms with Crippen molar-refractivity contribution >= 4 is 17.7 Å². The number of amides is 1. The van der Waals surface area contributed by atoms with Gasteiger partial charge in [0.25, 0.3) is 0 Å². The highest BCUT2D eigenvalue weighted by atomic mass is 32.2. The molecule has 0 aliphatic heterocycles. The highest BCUT2D eigenvalue weighted by molar-refractivity contribution is 7.98. The summed E-state index contributed by atoms with van der Waals surface area (Å²) in [7, 11) is 0. The predicted molar refractivity (Wildman–Crippen MR) is 53.3 cm³/mol. The van der Waals surface area contributed by atoms with Crippen LogP contribution in [-0.4, -0.2) is 24.5 Å². The molecule has 0 heterocycles. The minimum absolute atomic E-state index is 0.279. The van der Waals surface area contributed by atoms with Crippen molar-refractivity contribution in [2.45, 2.75) is 25.7 Å². The van der Waals surface area contributed by atoms with Gasteiger partial charge in [0.05, 0.1) is 0 Å². The molecule has 2 nitrogen and oxygen atoms in total. The van der Waals surface area contributed by atoms with Gasteiger partial charge in [0.2, 0.25) is 5.91 Å². The van der Waals surface area contributed by atoms with Gasteiger partial charge in [0, 0.05) is 18.2 Å². The molecule has 0 aromatic heterocycles. The second-order valence-corrected chi connectivity index (χ2v) is 4.25. The monoisotopic (exact) mass is 187 g/mol. The zero-order valence-corrected chi connectivity index (χ0v) is 8.45. The van der Waals surface area contributed by atoms with Crippen molar-refractivity contribution in [1.29, 1.82) is 0 Å². The maximum absolute atomic E-state index is 11.4. The van der Waals surface area contributed by atoms with Crippen molar-refractivity contribution in [1.82, 2.24) is 5.32 Å². The highest BCUT2D eigenvalue weighted by Gasteiger charge is 2.21. The van der Waals surface area contributed by atoms with Gasteiger partial charge >= 0.3 is 0 Å². The van der Waals surface area contributed by atoms with Crippen LogP contribution >= 0.6 is 11.8 Å². The van der Waals surface area contributed by atoms with E-state index in [1.54, 1.807) is 11.8 Å². The Balaban J connectivity index is 2.10. The molecule has 0 aromatic rings. The summed E-state index contributed by atoms with van der Waals surface area (Å²) >= 11 is 1.77. The SMILES string of the molecule is CSCCNC(=O)C1CCCC1. The number of rotatable bonds is 4. The van der Waals surface area contributed by atoms with Crippen molar-refractivity contribution < 1.29 is 4.79 Å². The molecule has 1 aliphatic carbocycles. The lowest BCUT2D eigenvalue weighted by molar-refractivity contribution is -0.124. The summed E-state index contributed by atoms with van der Waals surface area (Å²) in [6, 6.07) is 0. The maximum Gasteiger partial charge on any atom is 0.223 e. The first kappa shape index (κ1) is 9.90. The second kappa shape index (κ2) is 5.46. The van der Waals surface area contributed by atoms with Crippen LogP contribution in [0.4, 0.5) is 0 Å². The van der Waals surface area contributed by atoms with E-state index in [0.29, 0.717) is 5.92 Å². The molecule has 1 saturated carbocycles. The van der Waals surface area contributed by atoms with Crippen molar-refractivity contribution in [3.8, 4) is 0 Å². The van der Waals surface area contributed by atoms with Crippen LogP contribution in [0.3, 0.4) is 0 Å². The van der Waals surface area contributed by atoms with Gasteiger partial charge in [-0.2, -0.15) is 11.8 Å². The molecule has 0 spiro atoms. The molecule has 1 rings (SSSR count).